The molecule has 0 aliphatic rings. The van der Waals surface area contributed by atoms with Gasteiger partial charge in [0, 0.05) is 30.3 Å². The van der Waals surface area contributed by atoms with Crippen molar-refractivity contribution in [2.75, 3.05) is 6.54 Å². The number of hydrogen-bond acceptors (Lipinski definition) is 3. The van der Waals surface area contributed by atoms with Crippen LogP contribution in [0.3, 0.4) is 0 Å². The van der Waals surface area contributed by atoms with Gasteiger partial charge in [-0.1, -0.05) is 30.3 Å². The van der Waals surface area contributed by atoms with Crippen LogP contribution in [0.4, 0.5) is 5.69 Å². The number of carbonyl (C=O) groups is 1. The number of benzene rings is 2. The first-order chi connectivity index (χ1) is 11.0. The molecule has 1 unspecified atom stereocenters. The Morgan fingerprint density at radius 1 is 1.13 bits per heavy atom. The quantitative estimate of drug-likeness (QED) is 0.603. The first-order valence-corrected chi connectivity index (χ1v) is 7.62. The zero-order chi connectivity index (χ0) is 16.8. The van der Waals surface area contributed by atoms with Crippen molar-refractivity contribution >= 4 is 11.6 Å². The van der Waals surface area contributed by atoms with Gasteiger partial charge in [0.1, 0.15) is 0 Å². The summed E-state index contributed by atoms with van der Waals surface area (Å²) in [6.07, 6.45) is 0.771. The van der Waals surface area contributed by atoms with Gasteiger partial charge in [-0.2, -0.15) is 0 Å². The number of carbonyl (C=O) groups excluding carboxylic acids is 1. The van der Waals surface area contributed by atoms with Crippen LogP contribution in [0.2, 0.25) is 0 Å². The van der Waals surface area contributed by atoms with Gasteiger partial charge in [-0.3, -0.25) is 14.9 Å². The van der Waals surface area contributed by atoms with Gasteiger partial charge < -0.3 is 4.90 Å². The number of rotatable bonds is 6. The fourth-order valence-electron chi connectivity index (χ4n) is 2.61. The van der Waals surface area contributed by atoms with Gasteiger partial charge in [-0.05, 0) is 38.0 Å². The van der Waals surface area contributed by atoms with E-state index in [1.807, 2.05) is 44.2 Å². The zero-order valence-corrected chi connectivity index (χ0v) is 13.3. The Morgan fingerprint density at radius 3 is 2.26 bits per heavy atom. The summed E-state index contributed by atoms with van der Waals surface area (Å²) in [6, 6.07) is 15.8. The maximum atomic E-state index is 12.6. The Balaban J connectivity index is 2.12. The molecule has 2 aromatic rings. The molecule has 5 heteroatoms. The molecule has 0 radical (unpaired) electrons. The lowest BCUT2D eigenvalue weighted by molar-refractivity contribution is -0.384. The number of hydrogen-bond donors (Lipinski definition) is 0. The summed E-state index contributed by atoms with van der Waals surface area (Å²) in [5, 5.41) is 10.7. The Hall–Kier alpha value is -2.69. The fourth-order valence-corrected chi connectivity index (χ4v) is 2.61. The second kappa shape index (κ2) is 7.54. The second-order valence-electron chi connectivity index (χ2n) is 5.43. The predicted octanol–water partition coefficient (Wildman–Crippen LogP) is 3.69. The van der Waals surface area contributed by atoms with E-state index in [9.17, 15) is 14.9 Å². The summed E-state index contributed by atoms with van der Waals surface area (Å²) in [4.78, 5) is 24.7. The van der Waals surface area contributed by atoms with Crippen molar-refractivity contribution in [1.29, 1.82) is 0 Å². The van der Waals surface area contributed by atoms with Gasteiger partial charge in [0.15, 0.2) is 0 Å². The van der Waals surface area contributed by atoms with Crippen molar-refractivity contribution in [3.63, 3.8) is 0 Å². The minimum Gasteiger partial charge on any atom is -0.336 e. The average Bonchev–Trinajstić information content (AvgIpc) is 2.56. The molecule has 0 saturated carbocycles. The molecule has 2 rings (SSSR count). The van der Waals surface area contributed by atoms with E-state index in [1.165, 1.54) is 29.8 Å². The first kappa shape index (κ1) is 16.7. The van der Waals surface area contributed by atoms with E-state index >= 15 is 0 Å². The molecule has 1 atom stereocenters. The molecule has 0 spiro atoms. The molecule has 0 aliphatic carbocycles. The van der Waals surface area contributed by atoms with Crippen LogP contribution in [0, 0.1) is 10.1 Å². The maximum Gasteiger partial charge on any atom is 0.269 e. The number of likely N-dealkylation sites (N-methyl/N-ethyl adjacent to an activating group) is 1. The Kier molecular flexibility index (Phi) is 5.46. The molecule has 0 aromatic heterocycles. The molecule has 0 N–H and O–H groups in total. The third-order valence-corrected chi connectivity index (χ3v) is 3.83. The minimum atomic E-state index is -0.468. The molecule has 0 saturated heterocycles. The zero-order valence-electron chi connectivity index (χ0n) is 13.3. The highest BCUT2D eigenvalue weighted by molar-refractivity contribution is 5.94. The number of non-ortho nitro benzene ring substituents is 1. The van der Waals surface area contributed by atoms with Crippen molar-refractivity contribution in [1.82, 2.24) is 4.90 Å². The third-order valence-electron chi connectivity index (χ3n) is 3.83. The maximum absolute atomic E-state index is 12.6. The van der Waals surface area contributed by atoms with Crippen LogP contribution in [-0.4, -0.2) is 28.3 Å². The molecule has 0 aliphatic heterocycles. The van der Waals surface area contributed by atoms with E-state index < -0.39 is 4.92 Å². The number of nitrogens with zero attached hydrogens (tertiary/aromatic N) is 2. The molecule has 2 aromatic carbocycles. The van der Waals surface area contributed by atoms with E-state index in [2.05, 4.69) is 0 Å². The monoisotopic (exact) mass is 312 g/mol. The van der Waals surface area contributed by atoms with Gasteiger partial charge in [0.05, 0.1) is 4.92 Å². The molecular weight excluding hydrogens is 292 g/mol. The highest BCUT2D eigenvalue weighted by Crippen LogP contribution is 2.16. The second-order valence-corrected chi connectivity index (χ2v) is 5.43. The van der Waals surface area contributed by atoms with Crippen molar-refractivity contribution in [3.8, 4) is 0 Å². The summed E-state index contributed by atoms with van der Waals surface area (Å²) in [5.41, 5.74) is 1.63. The molecule has 0 heterocycles. The first-order valence-electron chi connectivity index (χ1n) is 7.62. The predicted molar refractivity (Wildman–Crippen MR) is 89.4 cm³/mol. The van der Waals surface area contributed by atoms with Crippen molar-refractivity contribution in [2.45, 2.75) is 26.3 Å². The third kappa shape index (κ3) is 4.16. The number of amides is 1. The topological polar surface area (TPSA) is 63.5 Å². The molecule has 1 amide bonds. The van der Waals surface area contributed by atoms with E-state index in [4.69, 9.17) is 0 Å². The van der Waals surface area contributed by atoms with Gasteiger partial charge >= 0.3 is 0 Å². The lowest BCUT2D eigenvalue weighted by Crippen LogP contribution is -2.39. The Labute approximate surface area is 135 Å². The summed E-state index contributed by atoms with van der Waals surface area (Å²) in [5.74, 6) is -0.106. The molecule has 120 valence electrons. The van der Waals surface area contributed by atoms with Crippen LogP contribution in [-0.2, 0) is 6.42 Å². The minimum absolute atomic E-state index is 0.0121. The van der Waals surface area contributed by atoms with Crippen LogP contribution < -0.4 is 0 Å². The Bertz CT molecular complexity index is 668. The molecular formula is C18H20N2O3. The normalized spacial score (nSPS) is 11.7. The van der Waals surface area contributed by atoms with Gasteiger partial charge in [0.2, 0.25) is 0 Å². The molecule has 5 nitrogen and oxygen atoms in total. The van der Waals surface area contributed by atoms with E-state index in [0.717, 1.165) is 6.42 Å². The van der Waals surface area contributed by atoms with E-state index in [1.54, 1.807) is 4.90 Å². The largest absolute Gasteiger partial charge is 0.336 e. The van der Waals surface area contributed by atoms with E-state index in [0.29, 0.717) is 12.1 Å². The van der Waals surface area contributed by atoms with Crippen molar-refractivity contribution in [3.05, 3.63) is 75.8 Å². The summed E-state index contributed by atoms with van der Waals surface area (Å²) in [6.45, 7) is 4.54. The SMILES string of the molecule is CCN(C(=O)c1ccc([N+](=O)[O-])cc1)C(C)Cc1ccccc1. The van der Waals surface area contributed by atoms with Gasteiger partial charge in [-0.25, -0.2) is 0 Å². The van der Waals surface area contributed by atoms with E-state index in [-0.39, 0.29) is 17.6 Å². The highest BCUT2D eigenvalue weighted by atomic mass is 16.6. The smallest absolute Gasteiger partial charge is 0.269 e. The molecule has 0 fully saturated rings. The van der Waals surface area contributed by atoms with Gasteiger partial charge in [0.25, 0.3) is 11.6 Å². The van der Waals surface area contributed by atoms with Crippen LogP contribution in [0.1, 0.15) is 29.8 Å². The number of nitro groups is 1. The van der Waals surface area contributed by atoms with Crippen LogP contribution in [0.5, 0.6) is 0 Å². The van der Waals surface area contributed by atoms with Crippen LogP contribution in [0.25, 0.3) is 0 Å². The van der Waals surface area contributed by atoms with Crippen molar-refractivity contribution in [2.24, 2.45) is 0 Å². The molecule has 0 bridgehead atoms. The van der Waals surface area contributed by atoms with Crippen molar-refractivity contribution < 1.29 is 9.72 Å². The fraction of sp³-hybridized carbons (Fsp3) is 0.278. The highest BCUT2D eigenvalue weighted by Gasteiger charge is 2.20. The van der Waals surface area contributed by atoms with Crippen LogP contribution >= 0.6 is 0 Å². The lowest BCUT2D eigenvalue weighted by Gasteiger charge is -2.28. The summed E-state index contributed by atoms with van der Waals surface area (Å²) in [7, 11) is 0. The average molecular weight is 312 g/mol. The summed E-state index contributed by atoms with van der Waals surface area (Å²) < 4.78 is 0. The lowest BCUT2D eigenvalue weighted by atomic mass is 10.0. The Morgan fingerprint density at radius 2 is 1.74 bits per heavy atom. The van der Waals surface area contributed by atoms with Crippen LogP contribution in [0.15, 0.2) is 54.6 Å². The summed E-state index contributed by atoms with van der Waals surface area (Å²) >= 11 is 0. The molecule has 23 heavy (non-hydrogen) atoms. The number of nitro benzene ring substituents is 1. The van der Waals surface area contributed by atoms with Gasteiger partial charge in [-0.15, -0.1) is 0 Å². The standard InChI is InChI=1S/C18H20N2O3/c1-3-19(14(2)13-15-7-5-4-6-8-15)18(21)16-9-11-17(12-10-16)20(22)23/h4-12,14H,3,13H2,1-2H3.